The molecule has 0 saturated heterocycles. The average molecular weight is 229 g/mol. The fourth-order valence-corrected chi connectivity index (χ4v) is 1.75. The van der Waals surface area contributed by atoms with Gasteiger partial charge in [-0.3, -0.25) is 0 Å². The van der Waals surface area contributed by atoms with Crippen molar-refractivity contribution in [3.63, 3.8) is 0 Å². The molecule has 6 heteroatoms. The molecule has 0 aliphatic heterocycles. The predicted molar refractivity (Wildman–Crippen MR) is 53.9 cm³/mol. The van der Waals surface area contributed by atoms with Gasteiger partial charge < -0.3 is 4.74 Å². The van der Waals surface area contributed by atoms with Crippen LogP contribution in [0.4, 0.5) is 0 Å². The zero-order valence-electron chi connectivity index (χ0n) is 8.35. The summed E-state index contributed by atoms with van der Waals surface area (Å²) in [6.45, 7) is 1.61. The van der Waals surface area contributed by atoms with Crippen molar-refractivity contribution in [2.24, 2.45) is 5.14 Å². The number of methoxy groups -OCH3 is 1. The van der Waals surface area contributed by atoms with E-state index in [1.807, 2.05) is 0 Å². The number of ether oxygens (including phenoxy) is 1. The van der Waals surface area contributed by atoms with E-state index >= 15 is 0 Å². The first-order valence-corrected chi connectivity index (χ1v) is 5.62. The lowest BCUT2D eigenvalue weighted by Gasteiger charge is -2.05. The van der Waals surface area contributed by atoms with Crippen LogP contribution in [0.1, 0.15) is 15.9 Å². The molecule has 1 aromatic carbocycles. The van der Waals surface area contributed by atoms with E-state index in [1.54, 1.807) is 6.92 Å². The SMILES string of the molecule is COC(=O)c1ccc(S(N)(=O)=O)cc1C. The van der Waals surface area contributed by atoms with Crippen LogP contribution in [0.3, 0.4) is 0 Å². The van der Waals surface area contributed by atoms with E-state index in [9.17, 15) is 13.2 Å². The Hall–Kier alpha value is -1.40. The largest absolute Gasteiger partial charge is 0.465 e. The summed E-state index contributed by atoms with van der Waals surface area (Å²) in [5, 5.41) is 4.94. The third kappa shape index (κ3) is 2.54. The van der Waals surface area contributed by atoms with Gasteiger partial charge in [0.1, 0.15) is 0 Å². The van der Waals surface area contributed by atoms with Gasteiger partial charge in [-0.05, 0) is 30.7 Å². The number of nitrogens with two attached hydrogens (primary N) is 1. The van der Waals surface area contributed by atoms with Crippen LogP contribution in [0.15, 0.2) is 23.1 Å². The zero-order chi connectivity index (χ0) is 11.6. The molecule has 0 bridgehead atoms. The minimum absolute atomic E-state index is 0.0207. The quantitative estimate of drug-likeness (QED) is 0.745. The van der Waals surface area contributed by atoms with Gasteiger partial charge in [-0.1, -0.05) is 0 Å². The van der Waals surface area contributed by atoms with E-state index in [0.717, 1.165) is 0 Å². The Morgan fingerprint density at radius 3 is 2.40 bits per heavy atom. The highest BCUT2D eigenvalue weighted by atomic mass is 32.2. The monoisotopic (exact) mass is 229 g/mol. The van der Waals surface area contributed by atoms with Crippen LogP contribution in [0.2, 0.25) is 0 Å². The Morgan fingerprint density at radius 2 is 2.00 bits per heavy atom. The number of carbonyl (C=O) groups is 1. The van der Waals surface area contributed by atoms with Gasteiger partial charge in [-0.15, -0.1) is 0 Å². The number of primary sulfonamides is 1. The maximum absolute atomic E-state index is 11.2. The number of esters is 1. The molecule has 2 N–H and O–H groups in total. The Morgan fingerprint density at radius 1 is 1.40 bits per heavy atom. The van der Waals surface area contributed by atoms with Gasteiger partial charge >= 0.3 is 5.97 Å². The molecule has 0 heterocycles. The highest BCUT2D eigenvalue weighted by molar-refractivity contribution is 7.89. The number of hydrogen-bond donors (Lipinski definition) is 1. The standard InChI is InChI=1S/C9H11NO4S/c1-6-5-7(15(10,12)13)3-4-8(6)9(11)14-2/h3-5H,1-2H3,(H2,10,12,13). The summed E-state index contributed by atoms with van der Waals surface area (Å²) >= 11 is 0. The fourth-order valence-electron chi connectivity index (χ4n) is 1.15. The van der Waals surface area contributed by atoms with Crippen LogP contribution in [0, 0.1) is 6.92 Å². The van der Waals surface area contributed by atoms with Gasteiger partial charge in [0.25, 0.3) is 0 Å². The normalized spacial score (nSPS) is 11.1. The summed E-state index contributed by atoms with van der Waals surface area (Å²) in [4.78, 5) is 11.2. The molecule has 1 rings (SSSR count). The number of carbonyl (C=O) groups excluding carboxylic acids is 1. The van der Waals surface area contributed by atoms with Crippen LogP contribution < -0.4 is 5.14 Å². The summed E-state index contributed by atoms with van der Waals surface area (Å²) in [6, 6.07) is 3.98. The van der Waals surface area contributed by atoms with Crippen LogP contribution in [-0.2, 0) is 14.8 Å². The van der Waals surface area contributed by atoms with Crippen molar-refractivity contribution in [3.05, 3.63) is 29.3 Å². The van der Waals surface area contributed by atoms with E-state index in [1.165, 1.54) is 25.3 Å². The van der Waals surface area contributed by atoms with Crippen molar-refractivity contribution in [1.29, 1.82) is 0 Å². The Balaban J connectivity index is 3.27. The maximum Gasteiger partial charge on any atom is 0.338 e. The van der Waals surface area contributed by atoms with Gasteiger partial charge in [-0.2, -0.15) is 0 Å². The third-order valence-electron chi connectivity index (χ3n) is 1.93. The van der Waals surface area contributed by atoms with Gasteiger partial charge in [0.2, 0.25) is 10.0 Å². The third-order valence-corrected chi connectivity index (χ3v) is 2.84. The number of sulfonamides is 1. The van der Waals surface area contributed by atoms with E-state index in [2.05, 4.69) is 4.74 Å². The van der Waals surface area contributed by atoms with E-state index < -0.39 is 16.0 Å². The highest BCUT2D eigenvalue weighted by Crippen LogP contribution is 2.14. The van der Waals surface area contributed by atoms with Crippen LogP contribution in [0.5, 0.6) is 0 Å². The zero-order valence-corrected chi connectivity index (χ0v) is 9.17. The van der Waals surface area contributed by atoms with Gasteiger partial charge in [0, 0.05) is 0 Å². The summed E-state index contributed by atoms with van der Waals surface area (Å²) < 4.78 is 26.5. The Labute approximate surface area is 87.9 Å². The number of aryl methyl sites for hydroxylation is 1. The Bertz CT molecular complexity index is 493. The number of benzene rings is 1. The van der Waals surface area contributed by atoms with Crippen molar-refractivity contribution in [1.82, 2.24) is 0 Å². The molecule has 0 aliphatic rings. The molecule has 0 unspecified atom stereocenters. The smallest absolute Gasteiger partial charge is 0.338 e. The van der Waals surface area contributed by atoms with Crippen LogP contribution in [-0.4, -0.2) is 21.5 Å². The average Bonchev–Trinajstić information content (AvgIpc) is 2.15. The van der Waals surface area contributed by atoms with E-state index in [4.69, 9.17) is 5.14 Å². The molecule has 82 valence electrons. The molecule has 0 radical (unpaired) electrons. The van der Waals surface area contributed by atoms with E-state index in [-0.39, 0.29) is 4.90 Å². The molecule has 0 aliphatic carbocycles. The van der Waals surface area contributed by atoms with Gasteiger partial charge in [0.05, 0.1) is 17.6 Å². The number of hydrogen-bond acceptors (Lipinski definition) is 4. The van der Waals surface area contributed by atoms with Crippen molar-refractivity contribution in [3.8, 4) is 0 Å². The minimum Gasteiger partial charge on any atom is -0.465 e. The lowest BCUT2D eigenvalue weighted by molar-refractivity contribution is 0.0600. The molecule has 0 atom stereocenters. The van der Waals surface area contributed by atoms with E-state index in [0.29, 0.717) is 11.1 Å². The fraction of sp³-hybridized carbons (Fsp3) is 0.222. The van der Waals surface area contributed by atoms with Crippen molar-refractivity contribution in [2.75, 3.05) is 7.11 Å². The molecule has 15 heavy (non-hydrogen) atoms. The predicted octanol–water partition coefficient (Wildman–Crippen LogP) is 0.429. The molecule has 0 aromatic heterocycles. The molecular formula is C9H11NO4S. The molecule has 0 spiro atoms. The van der Waals surface area contributed by atoms with Gasteiger partial charge in [0.15, 0.2) is 0 Å². The lowest BCUT2D eigenvalue weighted by atomic mass is 10.1. The van der Waals surface area contributed by atoms with Gasteiger partial charge in [-0.25, -0.2) is 18.4 Å². The van der Waals surface area contributed by atoms with Crippen molar-refractivity contribution < 1.29 is 17.9 Å². The molecule has 0 saturated carbocycles. The van der Waals surface area contributed by atoms with Crippen molar-refractivity contribution >= 4 is 16.0 Å². The first-order chi connectivity index (χ1) is 6.86. The highest BCUT2D eigenvalue weighted by Gasteiger charge is 2.13. The first-order valence-electron chi connectivity index (χ1n) is 4.08. The second-order valence-electron chi connectivity index (χ2n) is 3.01. The maximum atomic E-state index is 11.2. The summed E-state index contributed by atoms with van der Waals surface area (Å²) in [6.07, 6.45) is 0. The second kappa shape index (κ2) is 4.00. The first kappa shape index (κ1) is 11.7. The molecule has 5 nitrogen and oxygen atoms in total. The summed E-state index contributed by atoms with van der Waals surface area (Å²) in [7, 11) is -2.47. The lowest BCUT2D eigenvalue weighted by Crippen LogP contribution is -2.13. The van der Waals surface area contributed by atoms with Crippen LogP contribution >= 0.6 is 0 Å². The van der Waals surface area contributed by atoms with Crippen molar-refractivity contribution in [2.45, 2.75) is 11.8 Å². The molecule has 0 fully saturated rings. The second-order valence-corrected chi connectivity index (χ2v) is 4.57. The molecular weight excluding hydrogens is 218 g/mol. The Kier molecular flexibility index (Phi) is 3.11. The molecule has 0 amide bonds. The number of rotatable bonds is 2. The van der Waals surface area contributed by atoms with Crippen LogP contribution in [0.25, 0.3) is 0 Å². The summed E-state index contributed by atoms with van der Waals surface area (Å²) in [5.41, 5.74) is 0.832. The minimum atomic E-state index is -3.73. The summed E-state index contributed by atoms with van der Waals surface area (Å²) in [5.74, 6) is -0.506. The topological polar surface area (TPSA) is 86.5 Å². The molecule has 1 aromatic rings.